The molecule has 1 aliphatic heterocycles. The minimum absolute atomic E-state index is 0.00337. The Bertz CT molecular complexity index is 1220. The SMILES string of the molecule is CCCc1ccc(F)cc1[C@H]1CCCN1c1ccn2nc(N)c(C(=O)NC3CCC(O)CC3)c2n1. The van der Waals surface area contributed by atoms with Gasteiger partial charge in [-0.2, -0.15) is 0 Å². The van der Waals surface area contributed by atoms with Crippen LogP contribution in [0.4, 0.5) is 16.0 Å². The second-order valence-corrected chi connectivity index (χ2v) is 9.74. The highest BCUT2D eigenvalue weighted by Gasteiger charge is 2.31. The average Bonchev–Trinajstić information content (AvgIpc) is 3.45. The van der Waals surface area contributed by atoms with Gasteiger partial charge in [0.2, 0.25) is 0 Å². The van der Waals surface area contributed by atoms with Gasteiger partial charge < -0.3 is 21.1 Å². The summed E-state index contributed by atoms with van der Waals surface area (Å²) < 4.78 is 15.8. The predicted molar refractivity (Wildman–Crippen MR) is 133 cm³/mol. The molecule has 4 N–H and O–H groups in total. The van der Waals surface area contributed by atoms with Crippen LogP contribution in [0.15, 0.2) is 30.5 Å². The molecule has 1 saturated carbocycles. The van der Waals surface area contributed by atoms with E-state index in [0.29, 0.717) is 18.5 Å². The molecule has 2 aromatic heterocycles. The number of aromatic nitrogens is 3. The van der Waals surface area contributed by atoms with Gasteiger partial charge in [0.05, 0.1) is 12.1 Å². The third kappa shape index (κ3) is 4.69. The van der Waals surface area contributed by atoms with Crippen LogP contribution in [0.1, 0.15) is 79.4 Å². The fourth-order valence-electron chi connectivity index (χ4n) is 5.53. The Balaban J connectivity index is 1.45. The lowest BCUT2D eigenvalue weighted by atomic mass is 9.93. The Hall–Kier alpha value is -3.20. The molecule has 2 fully saturated rings. The van der Waals surface area contributed by atoms with Gasteiger partial charge in [-0.1, -0.05) is 19.4 Å². The van der Waals surface area contributed by atoms with Crippen LogP contribution in [0.2, 0.25) is 0 Å². The van der Waals surface area contributed by atoms with Crippen molar-refractivity contribution in [1.82, 2.24) is 19.9 Å². The third-order valence-corrected chi connectivity index (χ3v) is 7.29. The van der Waals surface area contributed by atoms with E-state index < -0.39 is 0 Å². The number of aliphatic hydroxyl groups excluding tert-OH is 1. The molecule has 5 rings (SSSR count). The number of aliphatic hydroxyl groups is 1. The molecule has 1 amide bonds. The molecular formula is C26H33FN6O2. The summed E-state index contributed by atoms with van der Waals surface area (Å²) >= 11 is 0. The Labute approximate surface area is 204 Å². The number of carbonyl (C=O) groups excluding carboxylic acids is 1. The minimum Gasteiger partial charge on any atom is -0.393 e. The average molecular weight is 481 g/mol. The normalized spacial score (nSPS) is 22.6. The molecular weight excluding hydrogens is 447 g/mol. The van der Waals surface area contributed by atoms with E-state index in [0.717, 1.165) is 62.0 Å². The summed E-state index contributed by atoms with van der Waals surface area (Å²) in [4.78, 5) is 20.2. The van der Waals surface area contributed by atoms with E-state index >= 15 is 0 Å². The number of nitrogens with one attached hydrogen (secondary N) is 1. The smallest absolute Gasteiger partial charge is 0.259 e. The molecule has 0 unspecified atom stereocenters. The number of carbonyl (C=O) groups is 1. The van der Waals surface area contributed by atoms with E-state index in [4.69, 9.17) is 10.7 Å². The first kappa shape index (κ1) is 23.5. The zero-order valence-electron chi connectivity index (χ0n) is 20.1. The maximum absolute atomic E-state index is 14.2. The molecule has 35 heavy (non-hydrogen) atoms. The van der Waals surface area contributed by atoms with E-state index in [1.807, 2.05) is 12.1 Å². The second kappa shape index (κ2) is 9.81. The van der Waals surface area contributed by atoms with Gasteiger partial charge in [-0.25, -0.2) is 13.9 Å². The standard InChI is InChI=1S/C26H33FN6O2/c1-2-4-16-6-7-17(27)15-20(16)21-5-3-13-32(21)22-12-14-33-25(30-22)23(24(28)31-33)26(35)29-18-8-10-19(34)11-9-18/h6-7,12,14-15,18-19,21,34H,2-5,8-11,13H2,1H3,(H2,28,31)(H,29,35)/t18?,19?,21-/m1/s1. The van der Waals surface area contributed by atoms with Crippen LogP contribution in [-0.4, -0.2) is 44.3 Å². The number of anilines is 2. The van der Waals surface area contributed by atoms with Gasteiger partial charge in [0.25, 0.3) is 5.91 Å². The summed E-state index contributed by atoms with van der Waals surface area (Å²) in [6.45, 7) is 2.92. The van der Waals surface area contributed by atoms with Gasteiger partial charge in [-0.3, -0.25) is 4.79 Å². The summed E-state index contributed by atoms with van der Waals surface area (Å²) in [6.07, 6.45) is 8.06. The monoisotopic (exact) mass is 480 g/mol. The number of hydrogen-bond donors (Lipinski definition) is 3. The van der Waals surface area contributed by atoms with Crippen molar-refractivity contribution < 1.29 is 14.3 Å². The summed E-state index contributed by atoms with van der Waals surface area (Å²) in [5.74, 6) is 0.336. The number of rotatable bonds is 6. The van der Waals surface area contributed by atoms with Crippen molar-refractivity contribution in [3.63, 3.8) is 0 Å². The van der Waals surface area contributed by atoms with Crippen molar-refractivity contribution in [3.8, 4) is 0 Å². The molecule has 1 aliphatic carbocycles. The van der Waals surface area contributed by atoms with E-state index in [-0.39, 0.29) is 41.3 Å². The zero-order valence-corrected chi connectivity index (χ0v) is 20.1. The van der Waals surface area contributed by atoms with Crippen molar-refractivity contribution in [2.75, 3.05) is 17.2 Å². The minimum atomic E-state index is -0.295. The van der Waals surface area contributed by atoms with Gasteiger partial charge in [0, 0.05) is 18.8 Å². The highest BCUT2D eigenvalue weighted by Crippen LogP contribution is 2.38. The maximum Gasteiger partial charge on any atom is 0.259 e. The summed E-state index contributed by atoms with van der Waals surface area (Å²) in [6, 6.07) is 6.98. The molecule has 8 nitrogen and oxygen atoms in total. The molecule has 3 heterocycles. The van der Waals surface area contributed by atoms with Gasteiger partial charge in [-0.15, -0.1) is 5.10 Å². The number of benzene rings is 1. The van der Waals surface area contributed by atoms with Gasteiger partial charge in [0.15, 0.2) is 11.5 Å². The van der Waals surface area contributed by atoms with E-state index in [1.165, 1.54) is 10.6 Å². The van der Waals surface area contributed by atoms with Crippen molar-refractivity contribution >= 4 is 23.2 Å². The lowest BCUT2D eigenvalue weighted by molar-refractivity contribution is 0.0869. The lowest BCUT2D eigenvalue weighted by Crippen LogP contribution is -2.38. The Morgan fingerprint density at radius 2 is 2.03 bits per heavy atom. The van der Waals surface area contributed by atoms with Crippen LogP contribution in [0.3, 0.4) is 0 Å². The van der Waals surface area contributed by atoms with Gasteiger partial charge in [-0.05, 0) is 74.3 Å². The lowest BCUT2D eigenvalue weighted by Gasteiger charge is -2.28. The molecule has 186 valence electrons. The number of aryl methyl sites for hydroxylation is 1. The fourth-order valence-corrected chi connectivity index (χ4v) is 5.53. The quantitative estimate of drug-likeness (QED) is 0.496. The van der Waals surface area contributed by atoms with Crippen LogP contribution in [0.25, 0.3) is 5.65 Å². The molecule has 2 aliphatic rings. The molecule has 1 atom stereocenters. The molecule has 1 saturated heterocycles. The van der Waals surface area contributed by atoms with Gasteiger partial charge >= 0.3 is 0 Å². The molecule has 1 aromatic carbocycles. The number of nitrogen functional groups attached to an aromatic ring is 1. The number of nitrogens with zero attached hydrogens (tertiary/aromatic N) is 4. The zero-order chi connectivity index (χ0) is 24.5. The van der Waals surface area contributed by atoms with Crippen LogP contribution in [-0.2, 0) is 6.42 Å². The first-order valence-electron chi connectivity index (χ1n) is 12.6. The number of nitrogens with two attached hydrogens (primary N) is 1. The van der Waals surface area contributed by atoms with Crippen LogP contribution in [0.5, 0.6) is 0 Å². The highest BCUT2D eigenvalue weighted by atomic mass is 19.1. The van der Waals surface area contributed by atoms with Crippen molar-refractivity contribution in [1.29, 1.82) is 0 Å². The summed E-state index contributed by atoms with van der Waals surface area (Å²) in [5.41, 5.74) is 9.00. The van der Waals surface area contributed by atoms with Crippen LogP contribution >= 0.6 is 0 Å². The number of fused-ring (bicyclic) bond motifs is 1. The molecule has 3 aromatic rings. The van der Waals surface area contributed by atoms with E-state index in [2.05, 4.69) is 22.2 Å². The number of amides is 1. The number of hydrogen-bond acceptors (Lipinski definition) is 6. The first-order valence-corrected chi connectivity index (χ1v) is 12.6. The Morgan fingerprint density at radius 3 is 2.80 bits per heavy atom. The van der Waals surface area contributed by atoms with Crippen LogP contribution < -0.4 is 16.0 Å². The predicted octanol–water partition coefficient (Wildman–Crippen LogP) is 3.78. The molecule has 0 bridgehead atoms. The molecule has 0 spiro atoms. The topological polar surface area (TPSA) is 109 Å². The second-order valence-electron chi connectivity index (χ2n) is 9.74. The van der Waals surface area contributed by atoms with Gasteiger partial charge in [0.1, 0.15) is 17.2 Å². The Kier molecular flexibility index (Phi) is 6.60. The van der Waals surface area contributed by atoms with E-state index in [9.17, 15) is 14.3 Å². The van der Waals surface area contributed by atoms with Crippen molar-refractivity contribution in [3.05, 3.63) is 53.0 Å². The summed E-state index contributed by atoms with van der Waals surface area (Å²) in [5, 5.41) is 17.1. The largest absolute Gasteiger partial charge is 0.393 e. The third-order valence-electron chi connectivity index (χ3n) is 7.29. The molecule has 9 heteroatoms. The Morgan fingerprint density at radius 1 is 1.23 bits per heavy atom. The van der Waals surface area contributed by atoms with Crippen LogP contribution in [0, 0.1) is 5.82 Å². The van der Waals surface area contributed by atoms with E-state index in [1.54, 1.807) is 12.3 Å². The maximum atomic E-state index is 14.2. The highest BCUT2D eigenvalue weighted by molar-refractivity contribution is 6.04. The molecule has 0 radical (unpaired) electrons. The van der Waals surface area contributed by atoms with Crippen molar-refractivity contribution in [2.24, 2.45) is 0 Å². The number of halogens is 1. The van der Waals surface area contributed by atoms with Crippen molar-refractivity contribution in [2.45, 2.75) is 76.5 Å². The first-order chi connectivity index (χ1) is 16.9. The summed E-state index contributed by atoms with van der Waals surface area (Å²) in [7, 11) is 0. The fraction of sp³-hybridized carbons (Fsp3) is 0.500.